The van der Waals surface area contributed by atoms with Gasteiger partial charge in [0.15, 0.2) is 0 Å². The first-order valence-electron chi connectivity index (χ1n) is 8.07. The molecule has 0 atom stereocenters. The highest BCUT2D eigenvalue weighted by atomic mass is 16.6. The molecule has 22 heavy (non-hydrogen) atoms. The molecule has 0 heterocycles. The summed E-state index contributed by atoms with van der Waals surface area (Å²) in [6.45, 7) is 2.20. The lowest BCUT2D eigenvalue weighted by molar-refractivity contribution is -0.384. The van der Waals surface area contributed by atoms with E-state index in [-0.39, 0.29) is 11.6 Å². The predicted molar refractivity (Wildman–Crippen MR) is 89.1 cm³/mol. The average molecular weight is 306 g/mol. The van der Waals surface area contributed by atoms with E-state index in [9.17, 15) is 14.9 Å². The molecule has 1 aromatic rings. The summed E-state index contributed by atoms with van der Waals surface area (Å²) in [6, 6.07) is 6.07. The molecule has 0 spiro atoms. The number of non-ortho nitro benzene ring substituents is 1. The molecule has 0 saturated heterocycles. The van der Waals surface area contributed by atoms with Crippen LogP contribution in [0.5, 0.6) is 0 Å². The molecule has 0 aliphatic heterocycles. The van der Waals surface area contributed by atoms with Crippen LogP contribution in [0.1, 0.15) is 58.3 Å². The molecule has 122 valence electrons. The Morgan fingerprint density at radius 3 is 2.14 bits per heavy atom. The van der Waals surface area contributed by atoms with Crippen molar-refractivity contribution in [2.24, 2.45) is 0 Å². The number of hydrogen-bond acceptors (Lipinski definition) is 3. The second kappa shape index (κ2) is 9.92. The maximum atomic E-state index is 12.1. The van der Waals surface area contributed by atoms with Crippen molar-refractivity contribution in [1.82, 2.24) is 0 Å². The summed E-state index contributed by atoms with van der Waals surface area (Å²) in [5, 5.41) is 10.6. The zero-order valence-electron chi connectivity index (χ0n) is 13.6. The summed E-state index contributed by atoms with van der Waals surface area (Å²) in [6.07, 6.45) is 8.79. The maximum Gasteiger partial charge on any atom is 0.269 e. The zero-order valence-corrected chi connectivity index (χ0v) is 13.6. The number of nitrogens with zero attached hydrogens (tertiary/aromatic N) is 2. The minimum atomic E-state index is -0.440. The average Bonchev–Trinajstić information content (AvgIpc) is 2.53. The van der Waals surface area contributed by atoms with Gasteiger partial charge in [0.25, 0.3) is 5.69 Å². The highest BCUT2D eigenvalue weighted by Gasteiger charge is 2.12. The molecule has 1 rings (SSSR count). The van der Waals surface area contributed by atoms with E-state index in [0.29, 0.717) is 12.1 Å². The standard InChI is InChI=1S/C17H26N2O3/c1-3-4-5-6-7-8-9-10-17(20)18(2)15-11-13-16(14-12-15)19(21)22/h11-14H,3-10H2,1-2H3. The van der Waals surface area contributed by atoms with Gasteiger partial charge in [-0.05, 0) is 18.6 Å². The number of anilines is 1. The van der Waals surface area contributed by atoms with Crippen LogP contribution < -0.4 is 4.90 Å². The monoisotopic (exact) mass is 306 g/mol. The molecule has 0 aromatic heterocycles. The molecule has 0 saturated carbocycles. The third-order valence-electron chi connectivity index (χ3n) is 3.82. The summed E-state index contributed by atoms with van der Waals surface area (Å²) in [4.78, 5) is 23.8. The molecule has 0 N–H and O–H groups in total. The zero-order chi connectivity index (χ0) is 16.4. The molecule has 0 aliphatic carbocycles. The van der Waals surface area contributed by atoms with Crippen molar-refractivity contribution >= 4 is 17.3 Å². The van der Waals surface area contributed by atoms with Gasteiger partial charge in [-0.3, -0.25) is 14.9 Å². The van der Waals surface area contributed by atoms with Crippen LogP contribution in [-0.4, -0.2) is 17.9 Å². The fourth-order valence-electron chi connectivity index (χ4n) is 2.34. The minimum Gasteiger partial charge on any atom is -0.315 e. The highest BCUT2D eigenvalue weighted by Crippen LogP contribution is 2.19. The molecule has 1 amide bonds. The Balaban J connectivity index is 2.31. The predicted octanol–water partition coefficient (Wildman–Crippen LogP) is 4.70. The third-order valence-corrected chi connectivity index (χ3v) is 3.82. The summed E-state index contributed by atoms with van der Waals surface area (Å²) < 4.78 is 0. The molecular formula is C17H26N2O3. The van der Waals surface area contributed by atoms with E-state index in [0.717, 1.165) is 12.8 Å². The Bertz CT molecular complexity index is 471. The van der Waals surface area contributed by atoms with Crippen molar-refractivity contribution in [3.8, 4) is 0 Å². The van der Waals surface area contributed by atoms with E-state index >= 15 is 0 Å². The van der Waals surface area contributed by atoms with Crippen LogP contribution in [0.3, 0.4) is 0 Å². The summed E-state index contributed by atoms with van der Waals surface area (Å²) in [7, 11) is 1.71. The van der Waals surface area contributed by atoms with Crippen LogP contribution in [0.2, 0.25) is 0 Å². The second-order valence-electron chi connectivity index (χ2n) is 5.60. The first-order chi connectivity index (χ1) is 10.6. The lowest BCUT2D eigenvalue weighted by Crippen LogP contribution is -2.25. The fourth-order valence-corrected chi connectivity index (χ4v) is 2.34. The van der Waals surface area contributed by atoms with Gasteiger partial charge in [-0.2, -0.15) is 0 Å². The smallest absolute Gasteiger partial charge is 0.269 e. The summed E-state index contributed by atoms with van der Waals surface area (Å²) in [5.41, 5.74) is 0.732. The Hall–Kier alpha value is -1.91. The minimum absolute atomic E-state index is 0.0386. The van der Waals surface area contributed by atoms with Gasteiger partial charge >= 0.3 is 0 Å². The fraction of sp³-hybridized carbons (Fsp3) is 0.588. The summed E-state index contributed by atoms with van der Waals surface area (Å²) >= 11 is 0. The number of nitro benzene ring substituents is 1. The Morgan fingerprint density at radius 2 is 1.59 bits per heavy atom. The van der Waals surface area contributed by atoms with Gasteiger partial charge < -0.3 is 4.90 Å². The van der Waals surface area contributed by atoms with Crippen LogP contribution >= 0.6 is 0 Å². The van der Waals surface area contributed by atoms with Crippen molar-refractivity contribution in [2.75, 3.05) is 11.9 Å². The van der Waals surface area contributed by atoms with Crippen LogP contribution in [0.4, 0.5) is 11.4 Å². The van der Waals surface area contributed by atoms with Crippen LogP contribution in [0, 0.1) is 10.1 Å². The quantitative estimate of drug-likeness (QED) is 0.357. The highest BCUT2D eigenvalue weighted by molar-refractivity contribution is 5.92. The Morgan fingerprint density at radius 1 is 1.05 bits per heavy atom. The number of rotatable bonds is 10. The van der Waals surface area contributed by atoms with Crippen molar-refractivity contribution in [3.05, 3.63) is 34.4 Å². The van der Waals surface area contributed by atoms with Crippen molar-refractivity contribution < 1.29 is 9.72 Å². The first-order valence-corrected chi connectivity index (χ1v) is 8.07. The second-order valence-corrected chi connectivity index (χ2v) is 5.60. The molecule has 0 bridgehead atoms. The van der Waals surface area contributed by atoms with E-state index in [4.69, 9.17) is 0 Å². The van der Waals surface area contributed by atoms with Gasteiger partial charge in [0.2, 0.25) is 5.91 Å². The van der Waals surface area contributed by atoms with E-state index in [1.165, 1.54) is 44.2 Å². The van der Waals surface area contributed by atoms with E-state index in [1.54, 1.807) is 24.1 Å². The normalized spacial score (nSPS) is 10.5. The van der Waals surface area contributed by atoms with Crippen molar-refractivity contribution in [3.63, 3.8) is 0 Å². The Kier molecular flexibility index (Phi) is 8.18. The number of carbonyl (C=O) groups excluding carboxylic acids is 1. The number of carbonyl (C=O) groups is 1. The SMILES string of the molecule is CCCCCCCCCC(=O)N(C)c1ccc([N+](=O)[O-])cc1. The lowest BCUT2D eigenvalue weighted by atomic mass is 10.1. The van der Waals surface area contributed by atoms with Crippen molar-refractivity contribution in [2.45, 2.75) is 58.3 Å². The lowest BCUT2D eigenvalue weighted by Gasteiger charge is -2.17. The number of nitro groups is 1. The van der Waals surface area contributed by atoms with Crippen molar-refractivity contribution in [1.29, 1.82) is 0 Å². The summed E-state index contributed by atoms with van der Waals surface area (Å²) in [5.74, 6) is 0.0578. The number of amides is 1. The number of benzene rings is 1. The van der Waals surface area contributed by atoms with Crippen LogP contribution in [-0.2, 0) is 4.79 Å². The molecule has 5 heteroatoms. The van der Waals surface area contributed by atoms with Crippen LogP contribution in [0.15, 0.2) is 24.3 Å². The van der Waals surface area contributed by atoms with Gasteiger partial charge in [-0.1, -0.05) is 45.4 Å². The van der Waals surface area contributed by atoms with Gasteiger partial charge in [-0.25, -0.2) is 0 Å². The van der Waals surface area contributed by atoms with Gasteiger partial charge in [0, 0.05) is 31.3 Å². The molecule has 0 radical (unpaired) electrons. The van der Waals surface area contributed by atoms with E-state index in [1.807, 2.05) is 0 Å². The molecule has 1 aromatic carbocycles. The topological polar surface area (TPSA) is 63.5 Å². The van der Waals surface area contributed by atoms with Gasteiger partial charge in [0.1, 0.15) is 0 Å². The maximum absolute atomic E-state index is 12.1. The van der Waals surface area contributed by atoms with Gasteiger partial charge in [-0.15, -0.1) is 0 Å². The molecular weight excluding hydrogens is 280 g/mol. The number of hydrogen-bond donors (Lipinski definition) is 0. The molecule has 5 nitrogen and oxygen atoms in total. The molecule has 0 aliphatic rings. The van der Waals surface area contributed by atoms with E-state index in [2.05, 4.69) is 6.92 Å². The third kappa shape index (κ3) is 6.24. The number of unbranched alkanes of at least 4 members (excludes halogenated alkanes) is 6. The largest absolute Gasteiger partial charge is 0.315 e. The van der Waals surface area contributed by atoms with Crippen LogP contribution in [0.25, 0.3) is 0 Å². The Labute approximate surface area is 132 Å². The van der Waals surface area contributed by atoms with Gasteiger partial charge in [0.05, 0.1) is 4.92 Å². The molecule has 0 fully saturated rings. The first kappa shape index (κ1) is 18.1. The van der Waals surface area contributed by atoms with E-state index < -0.39 is 4.92 Å². The molecule has 0 unspecified atom stereocenters.